The van der Waals surface area contributed by atoms with Gasteiger partial charge >= 0.3 is 0 Å². The fraction of sp³-hybridized carbons (Fsp3) is 0.588. The van der Waals surface area contributed by atoms with Gasteiger partial charge in [0, 0.05) is 7.05 Å². The number of rotatable bonds is 6. The number of halogens is 1. The molecule has 1 aliphatic rings. The van der Waals surface area contributed by atoms with Crippen LogP contribution in [0.5, 0.6) is 5.75 Å². The van der Waals surface area contributed by atoms with Gasteiger partial charge in [-0.05, 0) is 37.8 Å². The number of carbonyl (C=O) groups excluding carboxylic acids is 1. The van der Waals surface area contributed by atoms with Crippen LogP contribution in [0.2, 0.25) is 0 Å². The van der Waals surface area contributed by atoms with Crippen molar-refractivity contribution in [2.75, 3.05) is 39.8 Å². The number of piperidine rings is 1. The van der Waals surface area contributed by atoms with Crippen LogP contribution in [0.4, 0.5) is 0 Å². The molecule has 5 heteroatoms. The summed E-state index contributed by atoms with van der Waals surface area (Å²) in [4.78, 5) is 15.4. The molecule has 1 aliphatic heterocycles. The monoisotopic (exact) mass is 326 g/mol. The maximum Gasteiger partial charge on any atom is 0.277 e. The second-order valence-corrected chi connectivity index (χ2v) is 5.92. The third-order valence-corrected chi connectivity index (χ3v) is 4.17. The van der Waals surface area contributed by atoms with Crippen molar-refractivity contribution in [2.45, 2.75) is 26.2 Å². The van der Waals surface area contributed by atoms with Crippen LogP contribution >= 0.6 is 0 Å². The first kappa shape index (κ1) is 18.8. The maximum absolute atomic E-state index is 12.2. The molecule has 0 unspecified atom stereocenters. The Labute approximate surface area is 139 Å². The maximum atomic E-state index is 12.2. The lowest BCUT2D eigenvalue weighted by molar-refractivity contribution is -0.897. The fourth-order valence-electron chi connectivity index (χ4n) is 2.71. The highest BCUT2D eigenvalue weighted by atomic mass is 35.5. The molecule has 0 aromatic heterocycles. The summed E-state index contributed by atoms with van der Waals surface area (Å²) in [6, 6.07) is 7.97. The summed E-state index contributed by atoms with van der Waals surface area (Å²) in [5, 5.41) is 0. The zero-order chi connectivity index (χ0) is 15.1. The molecule has 2 rings (SSSR count). The van der Waals surface area contributed by atoms with Crippen LogP contribution < -0.4 is 22.0 Å². The number of aryl methyl sites for hydroxylation is 1. The Bertz CT molecular complexity index is 462. The molecule has 0 radical (unpaired) electrons. The molecule has 1 fully saturated rings. The van der Waals surface area contributed by atoms with Crippen LogP contribution in [0.15, 0.2) is 24.3 Å². The van der Waals surface area contributed by atoms with E-state index in [1.807, 2.05) is 38.2 Å². The third kappa shape index (κ3) is 5.85. The molecule has 0 aliphatic carbocycles. The highest BCUT2D eigenvalue weighted by Crippen LogP contribution is 2.15. The summed E-state index contributed by atoms with van der Waals surface area (Å²) in [5.74, 6) is 1.13. The third-order valence-electron chi connectivity index (χ3n) is 4.17. The van der Waals surface area contributed by atoms with E-state index in [4.69, 9.17) is 4.74 Å². The molecule has 0 saturated carbocycles. The van der Waals surface area contributed by atoms with Crippen LogP contribution in [0, 0.1) is 6.92 Å². The van der Waals surface area contributed by atoms with Gasteiger partial charge in [-0.1, -0.05) is 18.2 Å². The predicted molar refractivity (Wildman–Crippen MR) is 83.7 cm³/mol. The number of hydrogen-bond acceptors (Lipinski definition) is 2. The van der Waals surface area contributed by atoms with Gasteiger partial charge in [0.2, 0.25) is 0 Å². The number of carbonyl (C=O) groups is 1. The summed E-state index contributed by atoms with van der Waals surface area (Å²) in [6.45, 7) is 6.12. The lowest BCUT2D eigenvalue weighted by atomic mass is 10.1. The number of ether oxygens (including phenoxy) is 1. The van der Waals surface area contributed by atoms with E-state index in [2.05, 4.69) is 0 Å². The predicted octanol–water partition coefficient (Wildman–Crippen LogP) is -2.09. The largest absolute Gasteiger partial charge is 1.00 e. The summed E-state index contributed by atoms with van der Waals surface area (Å²) < 4.78 is 5.75. The number of nitrogens with one attached hydrogen (secondary N) is 1. The molecule has 22 heavy (non-hydrogen) atoms. The van der Waals surface area contributed by atoms with Crippen molar-refractivity contribution in [1.29, 1.82) is 0 Å². The van der Waals surface area contributed by atoms with Crippen LogP contribution in [0.3, 0.4) is 0 Å². The Balaban J connectivity index is 0.00000242. The van der Waals surface area contributed by atoms with E-state index in [9.17, 15) is 4.79 Å². The molecule has 1 amide bonds. The number of amides is 1. The second kappa shape index (κ2) is 9.70. The molecule has 4 nitrogen and oxygen atoms in total. The number of likely N-dealkylation sites (tertiary alicyclic amines) is 1. The van der Waals surface area contributed by atoms with Crippen molar-refractivity contribution in [1.82, 2.24) is 4.90 Å². The second-order valence-electron chi connectivity index (χ2n) is 5.92. The van der Waals surface area contributed by atoms with E-state index in [1.165, 1.54) is 24.2 Å². The van der Waals surface area contributed by atoms with Crippen LogP contribution in [0.1, 0.15) is 24.8 Å². The number of likely N-dealkylation sites (N-methyl/N-ethyl adjacent to an activating group) is 1. The molecule has 0 atom stereocenters. The molecule has 1 aromatic rings. The molecule has 1 saturated heterocycles. The van der Waals surface area contributed by atoms with Crippen molar-refractivity contribution in [3.63, 3.8) is 0 Å². The van der Waals surface area contributed by atoms with E-state index >= 15 is 0 Å². The number of para-hydroxylation sites is 1. The minimum absolute atomic E-state index is 0. The van der Waals surface area contributed by atoms with Gasteiger partial charge in [-0.25, -0.2) is 0 Å². The molecular weight excluding hydrogens is 300 g/mol. The van der Waals surface area contributed by atoms with Gasteiger partial charge < -0.3 is 26.9 Å². The lowest BCUT2D eigenvalue weighted by Crippen LogP contribution is -3.13. The van der Waals surface area contributed by atoms with Gasteiger partial charge in [0.25, 0.3) is 5.91 Å². The molecule has 1 N–H and O–H groups in total. The van der Waals surface area contributed by atoms with Crippen LogP contribution in [0.25, 0.3) is 0 Å². The lowest BCUT2D eigenvalue weighted by Gasteiger charge is -2.25. The molecule has 1 aromatic carbocycles. The van der Waals surface area contributed by atoms with E-state index in [1.54, 1.807) is 4.90 Å². The van der Waals surface area contributed by atoms with E-state index in [0.29, 0.717) is 19.7 Å². The molecule has 1 heterocycles. The summed E-state index contributed by atoms with van der Waals surface area (Å²) >= 11 is 0. The first-order chi connectivity index (χ1) is 10.2. The molecule has 0 spiro atoms. The van der Waals surface area contributed by atoms with E-state index < -0.39 is 0 Å². The van der Waals surface area contributed by atoms with Crippen molar-refractivity contribution in [2.24, 2.45) is 0 Å². The SMILES string of the molecule is Cc1ccccc1OCCN(C)C(=O)C[NH+]1CCCCC1.[Cl-]. The minimum atomic E-state index is 0. The molecular formula is C17H27ClN2O2. The topological polar surface area (TPSA) is 34.0 Å². The van der Waals surface area contributed by atoms with E-state index in [0.717, 1.165) is 24.4 Å². The Morgan fingerprint density at radius 1 is 1.23 bits per heavy atom. The number of benzene rings is 1. The number of hydrogen-bond donors (Lipinski definition) is 1. The van der Waals surface area contributed by atoms with Gasteiger partial charge in [0.1, 0.15) is 12.4 Å². The molecule has 0 bridgehead atoms. The van der Waals surface area contributed by atoms with Gasteiger partial charge in [0.15, 0.2) is 6.54 Å². The van der Waals surface area contributed by atoms with Gasteiger partial charge in [0.05, 0.1) is 19.6 Å². The Morgan fingerprint density at radius 2 is 1.91 bits per heavy atom. The number of quaternary nitrogens is 1. The van der Waals surface area contributed by atoms with E-state index in [-0.39, 0.29) is 18.3 Å². The minimum Gasteiger partial charge on any atom is -1.00 e. The Kier molecular flexibility index (Phi) is 8.28. The zero-order valence-corrected chi connectivity index (χ0v) is 14.4. The Hall–Kier alpha value is -1.26. The van der Waals surface area contributed by atoms with Gasteiger partial charge in [-0.15, -0.1) is 0 Å². The summed E-state index contributed by atoms with van der Waals surface area (Å²) in [6.07, 6.45) is 3.82. The Morgan fingerprint density at radius 3 is 2.59 bits per heavy atom. The average molecular weight is 327 g/mol. The van der Waals surface area contributed by atoms with Gasteiger partial charge in [-0.2, -0.15) is 0 Å². The smallest absolute Gasteiger partial charge is 0.277 e. The summed E-state index contributed by atoms with van der Waals surface area (Å²) in [5.41, 5.74) is 1.13. The standard InChI is InChI=1S/C17H26N2O2.ClH/c1-15-8-4-5-9-16(15)21-13-12-18(2)17(20)14-19-10-6-3-7-11-19;/h4-5,8-9H,3,6-7,10-14H2,1-2H3;1H. The van der Waals surface area contributed by atoms with Crippen molar-refractivity contribution >= 4 is 5.91 Å². The van der Waals surface area contributed by atoms with Crippen LogP contribution in [-0.4, -0.2) is 50.6 Å². The summed E-state index contributed by atoms with van der Waals surface area (Å²) in [7, 11) is 1.87. The van der Waals surface area contributed by atoms with Gasteiger partial charge in [-0.3, -0.25) is 4.79 Å². The van der Waals surface area contributed by atoms with Crippen molar-refractivity contribution in [3.05, 3.63) is 29.8 Å². The highest BCUT2D eigenvalue weighted by Gasteiger charge is 2.19. The quantitative estimate of drug-likeness (QED) is 0.650. The first-order valence-corrected chi connectivity index (χ1v) is 7.93. The van der Waals surface area contributed by atoms with Crippen molar-refractivity contribution < 1.29 is 26.8 Å². The van der Waals surface area contributed by atoms with Crippen LogP contribution in [-0.2, 0) is 4.79 Å². The van der Waals surface area contributed by atoms with Crippen molar-refractivity contribution in [3.8, 4) is 5.75 Å². The fourth-order valence-corrected chi connectivity index (χ4v) is 2.71. The average Bonchev–Trinajstić information content (AvgIpc) is 2.50. The zero-order valence-electron chi connectivity index (χ0n) is 13.6. The highest BCUT2D eigenvalue weighted by molar-refractivity contribution is 5.76. The molecule has 124 valence electrons. The first-order valence-electron chi connectivity index (χ1n) is 7.93. The number of nitrogens with zero attached hydrogens (tertiary/aromatic N) is 1. The normalized spacial score (nSPS) is 15.0.